The molecule has 0 spiro atoms. The van der Waals surface area contributed by atoms with Crippen LogP contribution in [-0.2, 0) is 6.61 Å². The molecule has 6 heteroatoms. The third kappa shape index (κ3) is 4.72. The van der Waals surface area contributed by atoms with Crippen molar-refractivity contribution in [3.05, 3.63) is 88.2 Å². The molecule has 1 heterocycles. The topological polar surface area (TPSA) is 51.2 Å². The number of para-hydroxylation sites is 1. The van der Waals surface area contributed by atoms with E-state index in [9.17, 15) is 4.79 Å². The van der Waals surface area contributed by atoms with E-state index in [0.717, 1.165) is 5.56 Å². The molecule has 2 aromatic carbocycles. The lowest BCUT2D eigenvalue weighted by Crippen LogP contribution is -2.12. The van der Waals surface area contributed by atoms with Gasteiger partial charge in [0.15, 0.2) is 0 Å². The van der Waals surface area contributed by atoms with E-state index in [4.69, 9.17) is 27.9 Å². The third-order valence-corrected chi connectivity index (χ3v) is 3.95. The average molecular weight is 373 g/mol. The Kier molecular flexibility index (Phi) is 5.53. The molecule has 3 rings (SSSR count). The molecule has 1 aromatic heterocycles. The molecule has 0 saturated carbocycles. The van der Waals surface area contributed by atoms with Crippen molar-refractivity contribution in [1.82, 2.24) is 4.98 Å². The molecule has 1 amide bonds. The predicted octanol–water partition coefficient (Wildman–Crippen LogP) is 5.22. The number of carbonyl (C=O) groups excluding carboxylic acids is 1. The van der Waals surface area contributed by atoms with Crippen molar-refractivity contribution >= 4 is 34.8 Å². The number of nitrogens with zero attached hydrogens (tertiary/aromatic N) is 1. The van der Waals surface area contributed by atoms with Crippen molar-refractivity contribution in [2.75, 3.05) is 5.32 Å². The molecule has 0 aliphatic carbocycles. The summed E-state index contributed by atoms with van der Waals surface area (Å²) < 4.78 is 5.68. The predicted molar refractivity (Wildman–Crippen MR) is 99.4 cm³/mol. The maximum absolute atomic E-state index is 12.2. The highest BCUT2D eigenvalue weighted by molar-refractivity contribution is 6.32. The molecule has 126 valence electrons. The Morgan fingerprint density at radius 1 is 1.04 bits per heavy atom. The lowest BCUT2D eigenvalue weighted by atomic mass is 10.1. The molecule has 4 nitrogen and oxygen atoms in total. The third-order valence-electron chi connectivity index (χ3n) is 3.43. The first-order valence-corrected chi connectivity index (χ1v) is 8.26. The Balaban J connectivity index is 1.61. The smallest absolute Gasteiger partial charge is 0.255 e. The minimum atomic E-state index is -0.221. The zero-order chi connectivity index (χ0) is 17.6. The molecular weight excluding hydrogens is 359 g/mol. The van der Waals surface area contributed by atoms with Crippen LogP contribution in [0.15, 0.2) is 66.9 Å². The van der Waals surface area contributed by atoms with E-state index in [2.05, 4.69) is 10.3 Å². The Bertz CT molecular complexity index is 883. The summed E-state index contributed by atoms with van der Waals surface area (Å²) in [6.07, 6.45) is 1.53. The van der Waals surface area contributed by atoms with E-state index in [1.165, 1.54) is 6.20 Å². The number of aromatic nitrogens is 1. The van der Waals surface area contributed by atoms with Gasteiger partial charge in [0.2, 0.25) is 0 Å². The van der Waals surface area contributed by atoms with Crippen molar-refractivity contribution in [2.24, 2.45) is 0 Å². The quantitative estimate of drug-likeness (QED) is 0.624. The lowest BCUT2D eigenvalue weighted by Gasteiger charge is -2.09. The number of rotatable bonds is 5. The maximum Gasteiger partial charge on any atom is 0.255 e. The largest absolute Gasteiger partial charge is 0.487 e. The molecule has 0 aliphatic heterocycles. The summed E-state index contributed by atoms with van der Waals surface area (Å²) in [7, 11) is 0. The summed E-state index contributed by atoms with van der Waals surface area (Å²) in [6, 6.07) is 17.7. The SMILES string of the molecule is O=C(Nc1ccnc(Cl)c1)c1ccc(COc2ccccc2Cl)cc1. The zero-order valence-electron chi connectivity index (χ0n) is 13.1. The number of halogens is 2. The highest BCUT2D eigenvalue weighted by atomic mass is 35.5. The van der Waals surface area contributed by atoms with Crippen LogP contribution in [0, 0.1) is 0 Å². The highest BCUT2D eigenvalue weighted by Crippen LogP contribution is 2.24. The van der Waals surface area contributed by atoms with E-state index in [-0.39, 0.29) is 5.91 Å². The fourth-order valence-electron chi connectivity index (χ4n) is 2.16. The highest BCUT2D eigenvalue weighted by Gasteiger charge is 2.07. The minimum Gasteiger partial charge on any atom is -0.487 e. The van der Waals surface area contributed by atoms with Gasteiger partial charge in [-0.15, -0.1) is 0 Å². The second-order valence-electron chi connectivity index (χ2n) is 5.24. The fraction of sp³-hybridized carbons (Fsp3) is 0.0526. The van der Waals surface area contributed by atoms with Crippen molar-refractivity contribution in [1.29, 1.82) is 0 Å². The van der Waals surface area contributed by atoms with Crippen LogP contribution in [0.2, 0.25) is 10.2 Å². The molecule has 1 N–H and O–H groups in total. The monoisotopic (exact) mass is 372 g/mol. The van der Waals surface area contributed by atoms with Crippen molar-refractivity contribution in [2.45, 2.75) is 6.61 Å². The summed E-state index contributed by atoms with van der Waals surface area (Å²) >= 11 is 11.9. The minimum absolute atomic E-state index is 0.221. The van der Waals surface area contributed by atoms with Gasteiger partial charge in [-0.3, -0.25) is 4.79 Å². The number of carbonyl (C=O) groups is 1. The van der Waals surface area contributed by atoms with E-state index < -0.39 is 0 Å². The van der Waals surface area contributed by atoms with Crippen molar-refractivity contribution < 1.29 is 9.53 Å². The van der Waals surface area contributed by atoms with E-state index in [0.29, 0.717) is 33.8 Å². The summed E-state index contributed by atoms with van der Waals surface area (Å²) in [5.74, 6) is 0.404. The maximum atomic E-state index is 12.2. The zero-order valence-corrected chi connectivity index (χ0v) is 14.6. The summed E-state index contributed by atoms with van der Waals surface area (Å²) in [5, 5.41) is 3.66. The number of nitrogens with one attached hydrogen (secondary N) is 1. The van der Waals surface area contributed by atoms with Crippen LogP contribution < -0.4 is 10.1 Å². The van der Waals surface area contributed by atoms with E-state index >= 15 is 0 Å². The molecule has 0 saturated heterocycles. The van der Waals surface area contributed by atoms with Gasteiger partial charge in [0.25, 0.3) is 5.91 Å². The molecule has 0 unspecified atom stereocenters. The molecule has 0 aliphatic rings. The van der Waals surface area contributed by atoms with Gasteiger partial charge in [0, 0.05) is 17.4 Å². The summed E-state index contributed by atoms with van der Waals surface area (Å²) in [5.41, 5.74) is 2.06. The molecule has 0 bridgehead atoms. The summed E-state index contributed by atoms with van der Waals surface area (Å²) in [6.45, 7) is 0.367. The first kappa shape index (κ1) is 17.3. The number of benzene rings is 2. The fourth-order valence-corrected chi connectivity index (χ4v) is 2.52. The number of hydrogen-bond donors (Lipinski definition) is 1. The molecule has 3 aromatic rings. The Labute approximate surface area is 155 Å². The van der Waals surface area contributed by atoms with Crippen LogP contribution in [0.1, 0.15) is 15.9 Å². The molecule has 0 fully saturated rings. The van der Waals surface area contributed by atoms with Gasteiger partial charge in [-0.2, -0.15) is 0 Å². The van der Waals surface area contributed by atoms with Gasteiger partial charge in [-0.1, -0.05) is 47.5 Å². The first-order valence-electron chi connectivity index (χ1n) is 7.51. The Morgan fingerprint density at radius 3 is 2.52 bits per heavy atom. The normalized spacial score (nSPS) is 10.3. The Hall–Kier alpha value is -2.56. The number of pyridine rings is 1. The molecule has 0 radical (unpaired) electrons. The standard InChI is InChI=1S/C19H14Cl2N2O2/c20-16-3-1-2-4-17(16)25-12-13-5-7-14(8-6-13)19(24)23-15-9-10-22-18(21)11-15/h1-11H,12H2,(H,22,23,24). The number of amides is 1. The van der Waals surface area contributed by atoms with Crippen LogP contribution in [0.5, 0.6) is 5.75 Å². The van der Waals surface area contributed by atoms with Gasteiger partial charge >= 0.3 is 0 Å². The van der Waals surface area contributed by atoms with Crippen LogP contribution in [0.3, 0.4) is 0 Å². The second kappa shape index (κ2) is 8.01. The average Bonchev–Trinajstić information content (AvgIpc) is 2.61. The number of hydrogen-bond acceptors (Lipinski definition) is 3. The Morgan fingerprint density at radius 2 is 1.80 bits per heavy atom. The number of ether oxygens (including phenoxy) is 1. The van der Waals surface area contributed by atoms with Crippen LogP contribution in [0.4, 0.5) is 5.69 Å². The van der Waals surface area contributed by atoms with Crippen molar-refractivity contribution in [3.63, 3.8) is 0 Å². The van der Waals surface area contributed by atoms with Crippen molar-refractivity contribution in [3.8, 4) is 5.75 Å². The van der Waals surface area contributed by atoms with Crippen LogP contribution in [0.25, 0.3) is 0 Å². The van der Waals surface area contributed by atoms with Crippen LogP contribution in [-0.4, -0.2) is 10.9 Å². The van der Waals surface area contributed by atoms with Gasteiger partial charge < -0.3 is 10.1 Å². The summed E-state index contributed by atoms with van der Waals surface area (Å²) in [4.78, 5) is 16.1. The van der Waals surface area contributed by atoms with Gasteiger partial charge in [0.05, 0.1) is 5.02 Å². The second-order valence-corrected chi connectivity index (χ2v) is 6.03. The van der Waals surface area contributed by atoms with Gasteiger partial charge in [0.1, 0.15) is 17.5 Å². The van der Waals surface area contributed by atoms with E-state index in [1.807, 2.05) is 30.3 Å². The first-order chi connectivity index (χ1) is 12.1. The number of anilines is 1. The lowest BCUT2D eigenvalue weighted by molar-refractivity contribution is 0.102. The van der Waals surface area contributed by atoms with Gasteiger partial charge in [-0.05, 0) is 42.0 Å². The van der Waals surface area contributed by atoms with Crippen LogP contribution >= 0.6 is 23.2 Å². The van der Waals surface area contributed by atoms with E-state index in [1.54, 1.807) is 30.3 Å². The van der Waals surface area contributed by atoms with Gasteiger partial charge in [-0.25, -0.2) is 4.98 Å². The molecular formula is C19H14Cl2N2O2. The molecule has 0 atom stereocenters. The molecule has 25 heavy (non-hydrogen) atoms.